The van der Waals surface area contributed by atoms with Crippen molar-refractivity contribution < 1.29 is 4.74 Å². The van der Waals surface area contributed by atoms with Crippen molar-refractivity contribution in [1.29, 1.82) is 0 Å². The number of methoxy groups -OCH3 is 1. The monoisotopic (exact) mass is 412 g/mol. The van der Waals surface area contributed by atoms with Crippen LogP contribution in [0.4, 0.5) is 0 Å². The molecule has 0 amide bonds. The molecule has 4 aromatic carbocycles. The van der Waals surface area contributed by atoms with Gasteiger partial charge in [0, 0.05) is 12.0 Å². The molecular formula is C31H24O. The Morgan fingerprint density at radius 3 is 1.97 bits per heavy atom. The Kier molecular flexibility index (Phi) is 5.58. The predicted octanol–water partition coefficient (Wildman–Crippen LogP) is 8.06. The van der Waals surface area contributed by atoms with E-state index in [0.717, 1.165) is 12.0 Å². The van der Waals surface area contributed by atoms with E-state index < -0.39 is 0 Å². The van der Waals surface area contributed by atoms with Crippen molar-refractivity contribution in [2.45, 2.75) is 6.42 Å². The number of ether oxygens (including phenoxy) is 1. The normalized spacial score (nSPS) is 13.2. The SMILES string of the molecule is COC=C=C1CC(c2ccccc2)=CC=C1c1ccc2cc(-c3ccccc3)ccc2c1. The summed E-state index contributed by atoms with van der Waals surface area (Å²) in [7, 11) is 1.66. The average Bonchev–Trinajstić information content (AvgIpc) is 2.87. The van der Waals surface area contributed by atoms with Crippen LogP contribution in [0, 0.1) is 0 Å². The molecule has 32 heavy (non-hydrogen) atoms. The standard InChI is InChI=1S/C31H24O/c1-32-19-18-30-21-26(24-10-6-3-7-11-24)16-17-31(30)29-15-14-27-20-25(12-13-28(27)22-29)23-8-4-2-5-9-23/h2-17,19-20,22H,21H2,1H3. The van der Waals surface area contributed by atoms with Crippen molar-refractivity contribution in [2.24, 2.45) is 0 Å². The maximum Gasteiger partial charge on any atom is 0.125 e. The van der Waals surface area contributed by atoms with E-state index in [1.165, 1.54) is 44.2 Å². The van der Waals surface area contributed by atoms with Gasteiger partial charge in [-0.25, -0.2) is 0 Å². The van der Waals surface area contributed by atoms with Gasteiger partial charge in [-0.15, -0.1) is 0 Å². The summed E-state index contributed by atoms with van der Waals surface area (Å²) < 4.78 is 5.19. The summed E-state index contributed by atoms with van der Waals surface area (Å²) in [5.74, 6) is 0. The lowest BCUT2D eigenvalue weighted by molar-refractivity contribution is 0.338. The molecule has 0 radical (unpaired) electrons. The molecular weight excluding hydrogens is 388 g/mol. The zero-order chi connectivity index (χ0) is 21.8. The summed E-state index contributed by atoms with van der Waals surface area (Å²) in [5.41, 5.74) is 11.9. The van der Waals surface area contributed by atoms with Crippen LogP contribution in [0.2, 0.25) is 0 Å². The van der Waals surface area contributed by atoms with Crippen LogP contribution in [0.15, 0.2) is 127 Å². The Balaban J connectivity index is 1.55. The summed E-state index contributed by atoms with van der Waals surface area (Å²) in [6.45, 7) is 0. The van der Waals surface area contributed by atoms with E-state index in [1.54, 1.807) is 13.4 Å². The van der Waals surface area contributed by atoms with Gasteiger partial charge in [-0.05, 0) is 56.3 Å². The number of hydrogen-bond donors (Lipinski definition) is 0. The van der Waals surface area contributed by atoms with E-state index in [2.05, 4.69) is 109 Å². The highest BCUT2D eigenvalue weighted by Crippen LogP contribution is 2.37. The lowest BCUT2D eigenvalue weighted by atomic mass is 9.85. The summed E-state index contributed by atoms with van der Waals surface area (Å²) in [6, 6.07) is 34.4. The third-order valence-electron chi connectivity index (χ3n) is 5.90. The predicted molar refractivity (Wildman–Crippen MR) is 135 cm³/mol. The van der Waals surface area contributed by atoms with Gasteiger partial charge in [0.2, 0.25) is 0 Å². The quantitative estimate of drug-likeness (QED) is 0.243. The molecule has 154 valence electrons. The molecule has 1 heteroatoms. The first kappa shape index (κ1) is 19.9. The van der Waals surface area contributed by atoms with Gasteiger partial charge < -0.3 is 4.74 Å². The summed E-state index contributed by atoms with van der Waals surface area (Å²) in [5, 5.41) is 2.47. The van der Waals surface area contributed by atoms with Gasteiger partial charge in [0.1, 0.15) is 6.26 Å². The van der Waals surface area contributed by atoms with Crippen LogP contribution in [0.25, 0.3) is 33.0 Å². The first-order valence-electron chi connectivity index (χ1n) is 10.8. The number of rotatable bonds is 4. The van der Waals surface area contributed by atoms with E-state index in [1.807, 2.05) is 6.07 Å². The third-order valence-corrected chi connectivity index (χ3v) is 5.90. The van der Waals surface area contributed by atoms with Crippen LogP contribution < -0.4 is 0 Å². The Hall–Kier alpha value is -4.06. The summed E-state index contributed by atoms with van der Waals surface area (Å²) in [6.07, 6.45) is 6.90. The van der Waals surface area contributed by atoms with Gasteiger partial charge in [-0.2, -0.15) is 0 Å². The largest absolute Gasteiger partial charge is 0.496 e. The van der Waals surface area contributed by atoms with Crippen molar-refractivity contribution in [3.63, 3.8) is 0 Å². The van der Waals surface area contributed by atoms with Crippen molar-refractivity contribution in [2.75, 3.05) is 7.11 Å². The average molecular weight is 413 g/mol. The zero-order valence-corrected chi connectivity index (χ0v) is 18.1. The Labute approximate surface area is 189 Å². The minimum atomic E-state index is 0.820. The Morgan fingerprint density at radius 2 is 1.28 bits per heavy atom. The molecule has 4 aromatic rings. The van der Waals surface area contributed by atoms with Crippen molar-refractivity contribution in [3.8, 4) is 11.1 Å². The molecule has 0 saturated heterocycles. The summed E-state index contributed by atoms with van der Waals surface area (Å²) in [4.78, 5) is 0. The molecule has 0 spiro atoms. The fourth-order valence-electron chi connectivity index (χ4n) is 4.23. The molecule has 0 fully saturated rings. The molecule has 5 rings (SSSR count). The van der Waals surface area contributed by atoms with Crippen molar-refractivity contribution in [3.05, 3.63) is 138 Å². The minimum Gasteiger partial charge on any atom is -0.496 e. The molecule has 0 heterocycles. The van der Waals surface area contributed by atoms with E-state index >= 15 is 0 Å². The molecule has 0 aromatic heterocycles. The zero-order valence-electron chi connectivity index (χ0n) is 18.1. The van der Waals surface area contributed by atoms with Crippen molar-refractivity contribution in [1.82, 2.24) is 0 Å². The highest BCUT2D eigenvalue weighted by molar-refractivity contribution is 5.94. The fraction of sp³-hybridized carbons (Fsp3) is 0.0645. The second-order valence-electron chi connectivity index (χ2n) is 7.93. The third kappa shape index (κ3) is 4.07. The molecule has 0 aliphatic heterocycles. The highest BCUT2D eigenvalue weighted by atomic mass is 16.5. The van der Waals surface area contributed by atoms with Gasteiger partial charge in [-0.3, -0.25) is 0 Å². The lowest BCUT2D eigenvalue weighted by Crippen LogP contribution is -1.97. The second-order valence-corrected chi connectivity index (χ2v) is 7.93. The Morgan fingerprint density at radius 1 is 0.656 bits per heavy atom. The van der Waals surface area contributed by atoms with Crippen LogP contribution in [-0.4, -0.2) is 7.11 Å². The van der Waals surface area contributed by atoms with Gasteiger partial charge in [0.25, 0.3) is 0 Å². The van der Waals surface area contributed by atoms with E-state index in [0.29, 0.717) is 0 Å². The van der Waals surface area contributed by atoms with Crippen LogP contribution in [0.3, 0.4) is 0 Å². The fourth-order valence-corrected chi connectivity index (χ4v) is 4.23. The van der Waals surface area contributed by atoms with Crippen LogP contribution >= 0.6 is 0 Å². The Bertz CT molecular complexity index is 1380. The van der Waals surface area contributed by atoms with Crippen molar-refractivity contribution >= 4 is 21.9 Å². The van der Waals surface area contributed by atoms with Crippen LogP contribution in [0.1, 0.15) is 17.5 Å². The molecule has 1 nitrogen and oxygen atoms in total. The highest BCUT2D eigenvalue weighted by Gasteiger charge is 2.15. The number of fused-ring (bicyclic) bond motifs is 1. The first-order chi connectivity index (χ1) is 15.8. The number of benzene rings is 4. The van der Waals surface area contributed by atoms with Gasteiger partial charge >= 0.3 is 0 Å². The molecule has 0 saturated carbocycles. The number of hydrogen-bond acceptors (Lipinski definition) is 1. The lowest BCUT2D eigenvalue weighted by Gasteiger charge is -2.18. The maximum atomic E-state index is 5.19. The summed E-state index contributed by atoms with van der Waals surface area (Å²) >= 11 is 0. The molecule has 0 unspecified atom stereocenters. The van der Waals surface area contributed by atoms with E-state index in [-0.39, 0.29) is 0 Å². The topological polar surface area (TPSA) is 9.23 Å². The smallest absolute Gasteiger partial charge is 0.125 e. The van der Waals surface area contributed by atoms with Crippen LogP contribution in [0.5, 0.6) is 0 Å². The van der Waals surface area contributed by atoms with Gasteiger partial charge in [-0.1, -0.05) is 103 Å². The van der Waals surface area contributed by atoms with E-state index in [4.69, 9.17) is 4.74 Å². The molecule has 0 bridgehead atoms. The maximum absolute atomic E-state index is 5.19. The van der Waals surface area contributed by atoms with E-state index in [9.17, 15) is 0 Å². The number of allylic oxidation sites excluding steroid dienone is 5. The molecule has 1 aliphatic carbocycles. The minimum absolute atomic E-state index is 0.820. The molecule has 1 aliphatic rings. The first-order valence-corrected chi connectivity index (χ1v) is 10.8. The van der Waals surface area contributed by atoms with Crippen LogP contribution in [-0.2, 0) is 4.74 Å². The molecule has 0 atom stereocenters. The van der Waals surface area contributed by atoms with Gasteiger partial charge in [0.05, 0.1) is 7.11 Å². The molecule has 0 N–H and O–H groups in total. The second kappa shape index (κ2) is 8.98. The van der Waals surface area contributed by atoms with Gasteiger partial charge in [0.15, 0.2) is 0 Å².